The van der Waals surface area contributed by atoms with E-state index in [-0.39, 0.29) is 6.04 Å². The summed E-state index contributed by atoms with van der Waals surface area (Å²) in [5.41, 5.74) is 9.41. The van der Waals surface area contributed by atoms with Crippen molar-refractivity contribution in [1.29, 1.82) is 0 Å². The van der Waals surface area contributed by atoms with E-state index >= 15 is 0 Å². The smallest absolute Gasteiger partial charge is 0.0756 e. The zero-order valence-corrected chi connectivity index (χ0v) is 12.7. The van der Waals surface area contributed by atoms with Crippen molar-refractivity contribution < 1.29 is 0 Å². The Morgan fingerprint density at radius 1 is 1.30 bits per heavy atom. The minimum atomic E-state index is -0.259. The Bertz CT molecular complexity index is 745. The second kappa shape index (κ2) is 5.34. The molecule has 0 fully saturated rings. The molecule has 3 aromatic rings. The SMILES string of the molecule is CCn1ncc(Br)c1C(N)c1cccc2cccnc12. The molecule has 0 spiro atoms. The lowest BCUT2D eigenvalue weighted by molar-refractivity contribution is 0.600. The van der Waals surface area contributed by atoms with Gasteiger partial charge in [-0.25, -0.2) is 0 Å². The van der Waals surface area contributed by atoms with Crippen molar-refractivity contribution in [2.45, 2.75) is 19.5 Å². The minimum Gasteiger partial charge on any atom is -0.319 e. The van der Waals surface area contributed by atoms with Gasteiger partial charge in [0.1, 0.15) is 0 Å². The molecule has 0 saturated heterocycles. The van der Waals surface area contributed by atoms with Crippen molar-refractivity contribution >= 4 is 26.8 Å². The predicted molar refractivity (Wildman–Crippen MR) is 83.4 cm³/mol. The molecule has 102 valence electrons. The van der Waals surface area contributed by atoms with Gasteiger partial charge in [-0.2, -0.15) is 5.10 Å². The van der Waals surface area contributed by atoms with Crippen molar-refractivity contribution in [2.24, 2.45) is 5.73 Å². The van der Waals surface area contributed by atoms with E-state index in [0.29, 0.717) is 0 Å². The van der Waals surface area contributed by atoms with Crippen LogP contribution in [0.4, 0.5) is 0 Å². The van der Waals surface area contributed by atoms with Gasteiger partial charge >= 0.3 is 0 Å². The van der Waals surface area contributed by atoms with Gasteiger partial charge in [0.05, 0.1) is 27.9 Å². The van der Waals surface area contributed by atoms with Crippen LogP contribution in [-0.2, 0) is 6.54 Å². The molecule has 2 N–H and O–H groups in total. The van der Waals surface area contributed by atoms with Crippen molar-refractivity contribution in [2.75, 3.05) is 0 Å². The third-order valence-electron chi connectivity index (χ3n) is 3.43. The maximum Gasteiger partial charge on any atom is 0.0756 e. The van der Waals surface area contributed by atoms with Crippen LogP contribution in [0.25, 0.3) is 10.9 Å². The lowest BCUT2D eigenvalue weighted by Crippen LogP contribution is -2.18. The number of halogens is 1. The molecule has 2 heterocycles. The molecule has 2 aromatic heterocycles. The van der Waals surface area contributed by atoms with Gasteiger partial charge in [-0.15, -0.1) is 0 Å². The molecule has 1 aromatic carbocycles. The number of fused-ring (bicyclic) bond motifs is 1. The highest BCUT2D eigenvalue weighted by molar-refractivity contribution is 9.10. The van der Waals surface area contributed by atoms with E-state index in [4.69, 9.17) is 5.73 Å². The van der Waals surface area contributed by atoms with E-state index in [1.807, 2.05) is 35.0 Å². The number of benzene rings is 1. The van der Waals surface area contributed by atoms with E-state index in [1.54, 1.807) is 12.4 Å². The van der Waals surface area contributed by atoms with Gasteiger partial charge < -0.3 is 5.73 Å². The Labute approximate surface area is 125 Å². The second-order valence-corrected chi connectivity index (χ2v) is 5.45. The van der Waals surface area contributed by atoms with Crippen LogP contribution in [0.2, 0.25) is 0 Å². The summed E-state index contributed by atoms with van der Waals surface area (Å²) in [6, 6.07) is 9.81. The molecule has 5 heteroatoms. The Morgan fingerprint density at radius 3 is 2.90 bits per heavy atom. The Kier molecular flexibility index (Phi) is 3.54. The number of aromatic nitrogens is 3. The molecule has 0 aliphatic rings. The molecule has 4 nitrogen and oxygen atoms in total. The van der Waals surface area contributed by atoms with Gasteiger partial charge in [0.2, 0.25) is 0 Å². The fourth-order valence-corrected chi connectivity index (χ4v) is 3.00. The summed E-state index contributed by atoms with van der Waals surface area (Å²) in [5.74, 6) is 0. The highest BCUT2D eigenvalue weighted by Crippen LogP contribution is 2.30. The highest BCUT2D eigenvalue weighted by Gasteiger charge is 2.19. The number of hydrogen-bond acceptors (Lipinski definition) is 3. The molecule has 0 aliphatic carbocycles. The van der Waals surface area contributed by atoms with Crippen LogP contribution in [0.3, 0.4) is 0 Å². The van der Waals surface area contributed by atoms with Gasteiger partial charge in [0.15, 0.2) is 0 Å². The quantitative estimate of drug-likeness (QED) is 0.801. The Hall–Kier alpha value is -1.72. The average molecular weight is 331 g/mol. The van der Waals surface area contributed by atoms with E-state index in [9.17, 15) is 0 Å². The Morgan fingerprint density at radius 2 is 2.10 bits per heavy atom. The largest absolute Gasteiger partial charge is 0.319 e. The van der Waals surface area contributed by atoms with Crippen LogP contribution in [0.15, 0.2) is 47.2 Å². The molecule has 0 radical (unpaired) electrons. The van der Waals surface area contributed by atoms with E-state index in [1.165, 1.54) is 0 Å². The summed E-state index contributed by atoms with van der Waals surface area (Å²) in [4.78, 5) is 4.47. The monoisotopic (exact) mass is 330 g/mol. The van der Waals surface area contributed by atoms with Gasteiger partial charge in [0.25, 0.3) is 0 Å². The number of nitrogens with zero attached hydrogens (tertiary/aromatic N) is 3. The number of hydrogen-bond donors (Lipinski definition) is 1. The normalized spacial score (nSPS) is 12.8. The molecule has 0 saturated carbocycles. The molecule has 0 bridgehead atoms. The average Bonchev–Trinajstić information content (AvgIpc) is 2.87. The second-order valence-electron chi connectivity index (χ2n) is 4.59. The lowest BCUT2D eigenvalue weighted by atomic mass is 10.0. The third kappa shape index (κ3) is 2.13. The van der Waals surface area contributed by atoms with E-state index in [0.717, 1.165) is 33.2 Å². The molecule has 0 amide bonds. The van der Waals surface area contributed by atoms with Crippen molar-refractivity contribution in [1.82, 2.24) is 14.8 Å². The molecule has 1 atom stereocenters. The van der Waals surface area contributed by atoms with Crippen LogP contribution in [0.1, 0.15) is 24.2 Å². The summed E-state index contributed by atoms with van der Waals surface area (Å²) in [6.45, 7) is 2.84. The Balaban J connectivity index is 2.17. The first-order valence-corrected chi connectivity index (χ1v) is 7.32. The lowest BCUT2D eigenvalue weighted by Gasteiger charge is -2.16. The van der Waals surface area contributed by atoms with Crippen LogP contribution < -0.4 is 5.73 Å². The van der Waals surface area contributed by atoms with Gasteiger partial charge in [-0.1, -0.05) is 24.3 Å². The zero-order chi connectivity index (χ0) is 14.1. The van der Waals surface area contributed by atoms with E-state index in [2.05, 4.69) is 32.9 Å². The predicted octanol–water partition coefficient (Wildman–Crippen LogP) is 3.26. The highest BCUT2D eigenvalue weighted by atomic mass is 79.9. The molecule has 1 unspecified atom stereocenters. The molecule has 3 rings (SSSR count). The van der Waals surface area contributed by atoms with Crippen LogP contribution in [-0.4, -0.2) is 14.8 Å². The van der Waals surface area contributed by atoms with Gasteiger partial charge in [-0.05, 0) is 28.9 Å². The van der Waals surface area contributed by atoms with Gasteiger partial charge in [-0.3, -0.25) is 9.67 Å². The van der Waals surface area contributed by atoms with Crippen molar-refractivity contribution in [3.8, 4) is 0 Å². The van der Waals surface area contributed by atoms with E-state index < -0.39 is 0 Å². The van der Waals surface area contributed by atoms with Crippen LogP contribution in [0.5, 0.6) is 0 Å². The van der Waals surface area contributed by atoms with Crippen molar-refractivity contribution in [3.05, 3.63) is 58.5 Å². The first-order chi connectivity index (χ1) is 9.72. The summed E-state index contributed by atoms with van der Waals surface area (Å²) in [6.07, 6.45) is 3.59. The first-order valence-electron chi connectivity index (χ1n) is 6.52. The standard InChI is InChI=1S/C15H15BrN4/c1-2-20-15(12(16)9-19-20)13(17)11-7-3-5-10-6-4-8-18-14(10)11/h3-9,13H,2,17H2,1H3. The summed E-state index contributed by atoms with van der Waals surface area (Å²) < 4.78 is 2.84. The fourth-order valence-electron chi connectivity index (χ4n) is 2.46. The molecule has 0 aliphatic heterocycles. The summed E-state index contributed by atoms with van der Waals surface area (Å²) >= 11 is 3.54. The minimum absolute atomic E-state index is 0.259. The third-order valence-corrected chi connectivity index (χ3v) is 4.04. The maximum atomic E-state index is 6.47. The number of pyridine rings is 1. The summed E-state index contributed by atoms with van der Waals surface area (Å²) in [7, 11) is 0. The number of rotatable bonds is 3. The molecule has 20 heavy (non-hydrogen) atoms. The topological polar surface area (TPSA) is 56.7 Å². The molecular formula is C15H15BrN4. The number of nitrogens with two attached hydrogens (primary N) is 1. The van der Waals surface area contributed by atoms with Crippen LogP contribution >= 0.6 is 15.9 Å². The molecular weight excluding hydrogens is 316 g/mol. The summed E-state index contributed by atoms with van der Waals surface area (Å²) in [5, 5.41) is 5.43. The van der Waals surface area contributed by atoms with Gasteiger partial charge in [0, 0.05) is 23.7 Å². The maximum absolute atomic E-state index is 6.47. The number of aryl methyl sites for hydroxylation is 1. The first kappa shape index (κ1) is 13.3. The number of para-hydroxylation sites is 1. The van der Waals surface area contributed by atoms with Crippen molar-refractivity contribution in [3.63, 3.8) is 0 Å². The fraction of sp³-hybridized carbons (Fsp3) is 0.200. The zero-order valence-electron chi connectivity index (χ0n) is 11.1. The van der Waals surface area contributed by atoms with Crippen LogP contribution in [0, 0.1) is 0 Å².